The topological polar surface area (TPSA) is 29.1 Å². The summed E-state index contributed by atoms with van der Waals surface area (Å²) in [5, 5.41) is 2.95. The highest BCUT2D eigenvalue weighted by molar-refractivity contribution is 5.94. The lowest BCUT2D eigenvalue weighted by Crippen LogP contribution is -2.40. The molecule has 0 aliphatic rings. The van der Waals surface area contributed by atoms with Crippen molar-refractivity contribution in [2.75, 3.05) is 0 Å². The minimum atomic E-state index is -0.187. The second-order valence-corrected chi connectivity index (χ2v) is 5.48. The molecule has 1 rings (SSSR count). The van der Waals surface area contributed by atoms with Crippen molar-refractivity contribution in [1.29, 1.82) is 0 Å². The summed E-state index contributed by atoms with van der Waals surface area (Å²) in [4.78, 5) is 11.8. The highest BCUT2D eigenvalue weighted by Gasteiger charge is 2.14. The van der Waals surface area contributed by atoms with Gasteiger partial charge in [-0.2, -0.15) is 0 Å². The fourth-order valence-electron chi connectivity index (χ4n) is 1.43. The third-order valence-electron chi connectivity index (χ3n) is 2.33. The molecule has 0 saturated heterocycles. The molecule has 0 saturated carbocycles. The molecule has 0 atom stereocenters. The molecule has 0 aromatic heterocycles. The van der Waals surface area contributed by atoms with Gasteiger partial charge in [0.05, 0.1) is 0 Å². The van der Waals surface area contributed by atoms with Gasteiger partial charge in [-0.25, -0.2) is 0 Å². The molecule has 0 fully saturated rings. The molecule has 1 amide bonds. The normalized spacial score (nSPS) is 11.6. The zero-order valence-electron chi connectivity index (χ0n) is 10.8. The van der Waals surface area contributed by atoms with Crippen LogP contribution in [0.3, 0.4) is 0 Å². The average Bonchev–Trinajstić information content (AvgIpc) is 2.15. The van der Waals surface area contributed by atoms with Crippen molar-refractivity contribution < 1.29 is 4.79 Å². The van der Waals surface area contributed by atoms with Gasteiger partial charge in [0.1, 0.15) is 0 Å². The lowest BCUT2D eigenvalue weighted by atomic mass is 10.0. The van der Waals surface area contributed by atoms with E-state index in [0.29, 0.717) is 5.92 Å². The largest absolute Gasteiger partial charge is 0.347 e. The fraction of sp³-hybridized carbons (Fsp3) is 0.500. The number of rotatable bonds is 2. The van der Waals surface area contributed by atoms with E-state index in [9.17, 15) is 4.79 Å². The van der Waals surface area contributed by atoms with Crippen molar-refractivity contribution >= 4 is 5.91 Å². The molecular weight excluding hydrogens is 198 g/mol. The zero-order chi connectivity index (χ0) is 12.3. The maximum atomic E-state index is 11.8. The van der Waals surface area contributed by atoms with Gasteiger partial charge >= 0.3 is 0 Å². The number of carbonyl (C=O) groups excluding carboxylic acids is 1. The minimum absolute atomic E-state index is 0.0113. The molecule has 2 heteroatoms. The molecule has 2 nitrogen and oxygen atoms in total. The zero-order valence-corrected chi connectivity index (χ0v) is 10.8. The Morgan fingerprint density at radius 1 is 1.12 bits per heavy atom. The first-order chi connectivity index (χ1) is 7.29. The van der Waals surface area contributed by atoms with Crippen LogP contribution >= 0.6 is 0 Å². The van der Waals surface area contributed by atoms with E-state index < -0.39 is 0 Å². The van der Waals surface area contributed by atoms with Gasteiger partial charge in [0.25, 0.3) is 5.91 Å². The molecule has 0 aliphatic heterocycles. The first-order valence-corrected chi connectivity index (χ1v) is 5.72. The number of hydrogen-bond donors (Lipinski definition) is 1. The molecule has 1 aromatic carbocycles. The molecule has 1 N–H and O–H groups in total. The predicted octanol–water partition coefficient (Wildman–Crippen LogP) is 3.34. The van der Waals surface area contributed by atoms with Crippen LogP contribution in [-0.4, -0.2) is 11.4 Å². The Balaban J connectivity index is 2.78. The van der Waals surface area contributed by atoms with Gasteiger partial charge in [0.15, 0.2) is 0 Å². The van der Waals surface area contributed by atoms with Gasteiger partial charge in [-0.1, -0.05) is 26.0 Å². The van der Waals surface area contributed by atoms with Crippen LogP contribution in [0.15, 0.2) is 24.3 Å². The van der Waals surface area contributed by atoms with Crippen molar-refractivity contribution in [2.45, 2.75) is 46.1 Å². The van der Waals surface area contributed by atoms with Gasteiger partial charge in [-0.3, -0.25) is 4.79 Å². The predicted molar refractivity (Wildman–Crippen MR) is 67.8 cm³/mol. The second-order valence-electron chi connectivity index (χ2n) is 5.48. The summed E-state index contributed by atoms with van der Waals surface area (Å²) in [6.07, 6.45) is 0. The quantitative estimate of drug-likeness (QED) is 0.812. The van der Waals surface area contributed by atoms with Crippen LogP contribution in [0.25, 0.3) is 0 Å². The Morgan fingerprint density at radius 3 is 2.00 bits per heavy atom. The molecule has 16 heavy (non-hydrogen) atoms. The van der Waals surface area contributed by atoms with Gasteiger partial charge in [0.2, 0.25) is 0 Å². The maximum absolute atomic E-state index is 11.8. The standard InChI is InChI=1S/C14H21NO/c1-10(2)11-6-8-12(9-7-11)13(16)15-14(3,4)5/h6-10H,1-5H3,(H,15,16). The summed E-state index contributed by atoms with van der Waals surface area (Å²) in [6, 6.07) is 7.80. The molecule has 0 bridgehead atoms. The van der Waals surface area contributed by atoms with Crippen LogP contribution in [0.2, 0.25) is 0 Å². The Bertz CT molecular complexity index is 357. The molecule has 0 spiro atoms. The highest BCUT2D eigenvalue weighted by atomic mass is 16.1. The van der Waals surface area contributed by atoms with Crippen LogP contribution < -0.4 is 5.32 Å². The van der Waals surface area contributed by atoms with Crippen LogP contribution in [0.4, 0.5) is 0 Å². The SMILES string of the molecule is CC(C)c1ccc(C(=O)NC(C)(C)C)cc1. The minimum Gasteiger partial charge on any atom is -0.347 e. The van der Waals surface area contributed by atoms with E-state index >= 15 is 0 Å². The Hall–Kier alpha value is -1.31. The van der Waals surface area contributed by atoms with Crippen LogP contribution in [-0.2, 0) is 0 Å². The summed E-state index contributed by atoms with van der Waals surface area (Å²) < 4.78 is 0. The Morgan fingerprint density at radius 2 is 1.62 bits per heavy atom. The highest BCUT2D eigenvalue weighted by Crippen LogP contribution is 2.15. The van der Waals surface area contributed by atoms with E-state index in [1.165, 1.54) is 5.56 Å². The summed E-state index contributed by atoms with van der Waals surface area (Å²) in [6.45, 7) is 10.2. The fourth-order valence-corrected chi connectivity index (χ4v) is 1.43. The monoisotopic (exact) mass is 219 g/mol. The average molecular weight is 219 g/mol. The van der Waals surface area contributed by atoms with Gasteiger partial charge in [0, 0.05) is 11.1 Å². The lowest BCUT2D eigenvalue weighted by Gasteiger charge is -2.20. The smallest absolute Gasteiger partial charge is 0.251 e. The first-order valence-electron chi connectivity index (χ1n) is 5.72. The second kappa shape index (κ2) is 4.69. The molecule has 1 aromatic rings. The van der Waals surface area contributed by atoms with Crippen LogP contribution in [0, 0.1) is 0 Å². The summed E-state index contributed by atoms with van der Waals surface area (Å²) in [5.74, 6) is 0.488. The first kappa shape index (κ1) is 12.8. The molecule has 0 unspecified atom stereocenters. The van der Waals surface area contributed by atoms with Gasteiger partial charge < -0.3 is 5.32 Å². The van der Waals surface area contributed by atoms with E-state index in [-0.39, 0.29) is 11.4 Å². The number of benzene rings is 1. The maximum Gasteiger partial charge on any atom is 0.251 e. The van der Waals surface area contributed by atoms with Crippen LogP contribution in [0.1, 0.15) is 56.5 Å². The third-order valence-corrected chi connectivity index (χ3v) is 2.33. The van der Waals surface area contributed by atoms with E-state index in [2.05, 4.69) is 19.2 Å². The Labute approximate surface area is 98.1 Å². The number of nitrogens with one attached hydrogen (secondary N) is 1. The van der Waals surface area contributed by atoms with Gasteiger partial charge in [-0.05, 0) is 44.4 Å². The van der Waals surface area contributed by atoms with E-state index in [0.717, 1.165) is 5.56 Å². The third kappa shape index (κ3) is 3.69. The molecular formula is C14H21NO. The van der Waals surface area contributed by atoms with Crippen molar-refractivity contribution in [2.24, 2.45) is 0 Å². The number of amides is 1. The van der Waals surface area contributed by atoms with Crippen molar-refractivity contribution in [1.82, 2.24) is 5.32 Å². The van der Waals surface area contributed by atoms with Crippen molar-refractivity contribution in [3.63, 3.8) is 0 Å². The molecule has 0 aliphatic carbocycles. The molecule has 88 valence electrons. The van der Waals surface area contributed by atoms with Crippen molar-refractivity contribution in [3.8, 4) is 0 Å². The summed E-state index contributed by atoms with van der Waals surface area (Å²) in [5.41, 5.74) is 1.79. The Kier molecular flexibility index (Phi) is 3.74. The number of hydrogen-bond acceptors (Lipinski definition) is 1. The summed E-state index contributed by atoms with van der Waals surface area (Å²) >= 11 is 0. The van der Waals surface area contributed by atoms with E-state index in [4.69, 9.17) is 0 Å². The van der Waals surface area contributed by atoms with Crippen LogP contribution in [0.5, 0.6) is 0 Å². The van der Waals surface area contributed by atoms with E-state index in [1.54, 1.807) is 0 Å². The van der Waals surface area contributed by atoms with Crippen molar-refractivity contribution in [3.05, 3.63) is 35.4 Å². The lowest BCUT2D eigenvalue weighted by molar-refractivity contribution is 0.0919. The summed E-state index contributed by atoms with van der Waals surface area (Å²) in [7, 11) is 0. The number of carbonyl (C=O) groups is 1. The van der Waals surface area contributed by atoms with E-state index in [1.807, 2.05) is 45.0 Å². The van der Waals surface area contributed by atoms with Gasteiger partial charge in [-0.15, -0.1) is 0 Å². The molecule has 0 radical (unpaired) electrons. The molecule has 0 heterocycles.